The molecule has 0 atom stereocenters. The molecule has 0 N–H and O–H groups in total. The lowest BCUT2D eigenvalue weighted by Gasteiger charge is -2.09. The van der Waals surface area contributed by atoms with Crippen LogP contribution in [0.5, 0.6) is 0 Å². The summed E-state index contributed by atoms with van der Waals surface area (Å²) in [5.74, 6) is -0.375. The Hall–Kier alpha value is -2.84. The smallest absolute Gasteiger partial charge is 0.316 e. The van der Waals surface area contributed by atoms with Gasteiger partial charge in [0, 0.05) is 24.0 Å². The molecule has 29 heavy (non-hydrogen) atoms. The third-order valence-corrected chi connectivity index (χ3v) is 5.90. The standard InChI is InChI=1S/C20H16ClFN4O2S/c1-24-16-17(23-19(24)29-15-9-5-13(21)6-10-15)25(2)20(28)26(18(16)27)11-12-3-7-14(22)8-4-12/h3-10H,11H2,1-2H3. The summed E-state index contributed by atoms with van der Waals surface area (Å²) >= 11 is 7.30. The van der Waals surface area contributed by atoms with Crippen molar-refractivity contribution in [1.29, 1.82) is 0 Å². The Bertz CT molecular complexity index is 1320. The summed E-state index contributed by atoms with van der Waals surface area (Å²) in [4.78, 5) is 31.3. The second kappa shape index (κ2) is 7.53. The Labute approximate surface area is 174 Å². The minimum atomic E-state index is -0.479. The molecule has 0 unspecified atom stereocenters. The third kappa shape index (κ3) is 3.61. The fraction of sp³-hybridized carbons (Fsp3) is 0.150. The molecule has 0 radical (unpaired) electrons. The van der Waals surface area contributed by atoms with Crippen LogP contribution in [-0.4, -0.2) is 18.7 Å². The van der Waals surface area contributed by atoms with E-state index < -0.39 is 11.2 Å². The van der Waals surface area contributed by atoms with Gasteiger partial charge in [-0.1, -0.05) is 35.5 Å². The number of hydrogen-bond acceptors (Lipinski definition) is 4. The maximum atomic E-state index is 13.2. The van der Waals surface area contributed by atoms with Gasteiger partial charge in [0.05, 0.1) is 6.54 Å². The normalized spacial score (nSPS) is 11.3. The van der Waals surface area contributed by atoms with Gasteiger partial charge in [-0.05, 0) is 42.0 Å². The SMILES string of the molecule is Cn1c(Sc2ccc(Cl)cc2)nc2c1c(=O)n(Cc1ccc(F)cc1)c(=O)n2C. The maximum absolute atomic E-state index is 13.2. The van der Waals surface area contributed by atoms with Crippen LogP contribution in [0.1, 0.15) is 5.56 Å². The molecule has 0 aliphatic rings. The van der Waals surface area contributed by atoms with E-state index in [4.69, 9.17) is 11.6 Å². The average Bonchev–Trinajstić information content (AvgIpc) is 3.03. The van der Waals surface area contributed by atoms with Crippen molar-refractivity contribution < 1.29 is 4.39 Å². The van der Waals surface area contributed by atoms with Crippen molar-refractivity contribution in [3.05, 3.63) is 85.8 Å². The van der Waals surface area contributed by atoms with Crippen LogP contribution in [0, 0.1) is 5.82 Å². The van der Waals surface area contributed by atoms with Gasteiger partial charge in [-0.25, -0.2) is 14.2 Å². The van der Waals surface area contributed by atoms with Gasteiger partial charge in [-0.2, -0.15) is 0 Å². The van der Waals surface area contributed by atoms with Crippen molar-refractivity contribution in [2.24, 2.45) is 14.1 Å². The zero-order valence-electron chi connectivity index (χ0n) is 15.6. The van der Waals surface area contributed by atoms with Gasteiger partial charge < -0.3 is 4.57 Å². The van der Waals surface area contributed by atoms with Gasteiger partial charge in [-0.15, -0.1) is 0 Å². The van der Waals surface area contributed by atoms with Crippen LogP contribution in [-0.2, 0) is 20.6 Å². The van der Waals surface area contributed by atoms with E-state index in [9.17, 15) is 14.0 Å². The third-order valence-electron chi connectivity index (χ3n) is 4.60. The number of benzene rings is 2. The number of hydrogen-bond donors (Lipinski definition) is 0. The quantitative estimate of drug-likeness (QED) is 0.497. The molecule has 0 fully saturated rings. The van der Waals surface area contributed by atoms with Gasteiger partial charge in [-0.3, -0.25) is 13.9 Å². The highest BCUT2D eigenvalue weighted by atomic mass is 35.5. The Balaban J connectivity index is 1.82. The van der Waals surface area contributed by atoms with Crippen molar-refractivity contribution in [1.82, 2.24) is 18.7 Å². The molecule has 0 saturated heterocycles. The number of aromatic nitrogens is 4. The number of fused-ring (bicyclic) bond motifs is 1. The number of imidazole rings is 1. The Morgan fingerprint density at radius 3 is 2.31 bits per heavy atom. The second-order valence-electron chi connectivity index (χ2n) is 6.54. The Morgan fingerprint density at radius 2 is 1.66 bits per heavy atom. The molecule has 4 rings (SSSR count). The van der Waals surface area contributed by atoms with Crippen molar-refractivity contribution >= 4 is 34.5 Å². The largest absolute Gasteiger partial charge is 0.332 e. The molecule has 0 amide bonds. The van der Waals surface area contributed by atoms with E-state index in [0.717, 1.165) is 9.46 Å². The van der Waals surface area contributed by atoms with E-state index in [1.165, 1.54) is 28.5 Å². The van der Waals surface area contributed by atoms with E-state index >= 15 is 0 Å². The van der Waals surface area contributed by atoms with Gasteiger partial charge in [0.15, 0.2) is 16.3 Å². The molecular weight excluding hydrogens is 415 g/mol. The van der Waals surface area contributed by atoms with E-state index in [-0.39, 0.29) is 12.4 Å². The molecule has 0 saturated carbocycles. The number of rotatable bonds is 4. The van der Waals surface area contributed by atoms with Crippen LogP contribution in [0.2, 0.25) is 5.02 Å². The van der Waals surface area contributed by atoms with Gasteiger partial charge in [0.2, 0.25) is 0 Å². The lowest BCUT2D eigenvalue weighted by molar-refractivity contribution is 0.623. The first-order valence-electron chi connectivity index (χ1n) is 8.69. The zero-order valence-corrected chi connectivity index (χ0v) is 17.2. The van der Waals surface area contributed by atoms with Crippen LogP contribution in [0.15, 0.2) is 68.2 Å². The summed E-state index contributed by atoms with van der Waals surface area (Å²) < 4.78 is 17.3. The molecule has 0 bridgehead atoms. The molecule has 6 nitrogen and oxygen atoms in total. The van der Waals surface area contributed by atoms with E-state index in [2.05, 4.69) is 4.98 Å². The zero-order chi connectivity index (χ0) is 20.7. The Kier molecular flexibility index (Phi) is 5.06. The fourth-order valence-electron chi connectivity index (χ4n) is 3.03. The second-order valence-corrected chi connectivity index (χ2v) is 8.02. The van der Waals surface area contributed by atoms with E-state index in [0.29, 0.717) is 26.9 Å². The highest BCUT2D eigenvalue weighted by molar-refractivity contribution is 7.99. The molecule has 9 heteroatoms. The summed E-state index contributed by atoms with van der Waals surface area (Å²) in [6, 6.07) is 13.0. The lowest BCUT2D eigenvalue weighted by Crippen LogP contribution is -2.39. The van der Waals surface area contributed by atoms with Crippen LogP contribution in [0.4, 0.5) is 4.39 Å². The number of halogens is 2. The molecule has 148 valence electrons. The molecule has 2 aromatic heterocycles. The summed E-state index contributed by atoms with van der Waals surface area (Å²) in [6.07, 6.45) is 0. The molecule has 2 heterocycles. The van der Waals surface area contributed by atoms with Crippen molar-refractivity contribution in [3.8, 4) is 0 Å². The maximum Gasteiger partial charge on any atom is 0.332 e. The average molecular weight is 431 g/mol. The van der Waals surface area contributed by atoms with E-state index in [1.54, 1.807) is 42.9 Å². The first-order valence-corrected chi connectivity index (χ1v) is 9.88. The molecule has 2 aromatic carbocycles. The van der Waals surface area contributed by atoms with Gasteiger partial charge in [0.1, 0.15) is 5.82 Å². The predicted octanol–water partition coefficient (Wildman–Crippen LogP) is 3.43. The van der Waals surface area contributed by atoms with Crippen LogP contribution >= 0.6 is 23.4 Å². The summed E-state index contributed by atoms with van der Waals surface area (Å²) in [5.41, 5.74) is 0.376. The predicted molar refractivity (Wildman–Crippen MR) is 111 cm³/mol. The lowest BCUT2D eigenvalue weighted by atomic mass is 10.2. The summed E-state index contributed by atoms with van der Waals surface area (Å²) in [5, 5.41) is 1.21. The highest BCUT2D eigenvalue weighted by Crippen LogP contribution is 2.29. The number of nitrogens with zero attached hydrogens (tertiary/aromatic N) is 4. The first kappa shape index (κ1) is 19.5. The van der Waals surface area contributed by atoms with E-state index in [1.807, 2.05) is 12.1 Å². The number of aryl methyl sites for hydroxylation is 2. The van der Waals surface area contributed by atoms with Crippen molar-refractivity contribution in [3.63, 3.8) is 0 Å². The monoisotopic (exact) mass is 430 g/mol. The van der Waals surface area contributed by atoms with Crippen LogP contribution in [0.3, 0.4) is 0 Å². The van der Waals surface area contributed by atoms with Crippen LogP contribution in [0.25, 0.3) is 11.2 Å². The Morgan fingerprint density at radius 1 is 1.00 bits per heavy atom. The first-order chi connectivity index (χ1) is 13.8. The van der Waals surface area contributed by atoms with Crippen LogP contribution < -0.4 is 11.2 Å². The molecule has 0 spiro atoms. The van der Waals surface area contributed by atoms with Gasteiger partial charge in [0.25, 0.3) is 5.56 Å². The molecular formula is C20H16ClFN4O2S. The summed E-state index contributed by atoms with van der Waals surface area (Å²) in [7, 11) is 3.32. The van der Waals surface area contributed by atoms with Gasteiger partial charge >= 0.3 is 5.69 Å². The van der Waals surface area contributed by atoms with Crippen molar-refractivity contribution in [2.45, 2.75) is 16.6 Å². The molecule has 0 aliphatic carbocycles. The molecule has 0 aliphatic heterocycles. The minimum Gasteiger partial charge on any atom is -0.316 e. The topological polar surface area (TPSA) is 61.8 Å². The highest BCUT2D eigenvalue weighted by Gasteiger charge is 2.19. The van der Waals surface area contributed by atoms with Crippen molar-refractivity contribution in [2.75, 3.05) is 0 Å². The fourth-order valence-corrected chi connectivity index (χ4v) is 4.00. The molecule has 4 aromatic rings. The minimum absolute atomic E-state index is 0.0482. The summed E-state index contributed by atoms with van der Waals surface area (Å²) in [6.45, 7) is 0.0482.